The zero-order valence-electron chi connectivity index (χ0n) is 11.2. The van der Waals surface area contributed by atoms with E-state index in [1.54, 1.807) is 17.8 Å². The summed E-state index contributed by atoms with van der Waals surface area (Å²) in [5, 5.41) is 15.3. The number of rotatable bonds is 4. The minimum absolute atomic E-state index is 0.252. The highest BCUT2D eigenvalue weighted by molar-refractivity contribution is 6.32. The number of halogens is 3. The second-order valence-electron chi connectivity index (χ2n) is 4.61. The van der Waals surface area contributed by atoms with Gasteiger partial charge in [-0.15, -0.1) is 0 Å². The molecule has 1 unspecified atom stereocenters. The summed E-state index contributed by atoms with van der Waals surface area (Å²) in [6, 6.07) is 4.01. The summed E-state index contributed by atoms with van der Waals surface area (Å²) in [5.74, 6) is -0.475. The zero-order chi connectivity index (χ0) is 14.9. The highest BCUT2D eigenvalue weighted by atomic mass is 35.5. The highest BCUT2D eigenvalue weighted by Gasteiger charge is 2.18. The van der Waals surface area contributed by atoms with E-state index < -0.39 is 11.9 Å². The van der Waals surface area contributed by atoms with Crippen LogP contribution in [0.15, 0.2) is 18.2 Å². The van der Waals surface area contributed by atoms with Crippen molar-refractivity contribution >= 4 is 23.2 Å². The van der Waals surface area contributed by atoms with E-state index in [0.29, 0.717) is 17.0 Å². The second-order valence-corrected chi connectivity index (χ2v) is 5.42. The molecule has 108 valence electrons. The molecule has 2 rings (SSSR count). The Morgan fingerprint density at radius 1 is 1.35 bits per heavy atom. The lowest BCUT2D eigenvalue weighted by molar-refractivity contribution is 0.175. The van der Waals surface area contributed by atoms with Gasteiger partial charge >= 0.3 is 0 Å². The molecule has 0 bridgehead atoms. The highest BCUT2D eigenvalue weighted by Crippen LogP contribution is 2.27. The number of aliphatic hydroxyl groups is 1. The first-order valence-electron chi connectivity index (χ1n) is 6.26. The Bertz CT molecular complexity index is 608. The Labute approximate surface area is 126 Å². The van der Waals surface area contributed by atoms with Gasteiger partial charge in [0.2, 0.25) is 0 Å². The number of aryl methyl sites for hydroxylation is 2. The minimum Gasteiger partial charge on any atom is -0.388 e. The number of aromatic nitrogens is 2. The summed E-state index contributed by atoms with van der Waals surface area (Å²) < 4.78 is 14.9. The zero-order valence-corrected chi connectivity index (χ0v) is 12.7. The van der Waals surface area contributed by atoms with Crippen LogP contribution in [0.2, 0.25) is 10.0 Å². The van der Waals surface area contributed by atoms with E-state index >= 15 is 0 Å². The van der Waals surface area contributed by atoms with Gasteiger partial charge in [-0.25, -0.2) is 4.39 Å². The third kappa shape index (κ3) is 3.14. The smallest absolute Gasteiger partial charge is 0.125 e. The van der Waals surface area contributed by atoms with E-state index in [2.05, 4.69) is 5.10 Å². The number of aliphatic hydroxyl groups excluding tert-OH is 1. The third-order valence-corrected chi connectivity index (χ3v) is 3.81. The molecule has 0 saturated heterocycles. The van der Waals surface area contributed by atoms with E-state index in [4.69, 9.17) is 23.2 Å². The molecule has 2 aromatic rings. The van der Waals surface area contributed by atoms with Gasteiger partial charge in [-0.05, 0) is 30.2 Å². The number of benzene rings is 1. The molecule has 0 spiro atoms. The molecule has 0 aliphatic heterocycles. The SMILES string of the molecule is CCc1nn(C)c(CC(O)c2cc(F)cc(Cl)c2)c1Cl. The van der Waals surface area contributed by atoms with E-state index in [0.717, 1.165) is 11.4 Å². The van der Waals surface area contributed by atoms with Crippen LogP contribution in [0.3, 0.4) is 0 Å². The fourth-order valence-electron chi connectivity index (χ4n) is 2.11. The van der Waals surface area contributed by atoms with Crippen LogP contribution in [-0.4, -0.2) is 14.9 Å². The maximum Gasteiger partial charge on any atom is 0.125 e. The van der Waals surface area contributed by atoms with E-state index in [1.165, 1.54) is 12.1 Å². The van der Waals surface area contributed by atoms with Crippen LogP contribution in [0.5, 0.6) is 0 Å². The Hall–Kier alpha value is -1.10. The molecule has 0 fully saturated rings. The lowest BCUT2D eigenvalue weighted by Gasteiger charge is -2.12. The fourth-order valence-corrected chi connectivity index (χ4v) is 2.71. The molecule has 1 atom stereocenters. The molecule has 0 aliphatic carbocycles. The average Bonchev–Trinajstić information content (AvgIpc) is 2.65. The van der Waals surface area contributed by atoms with Gasteiger partial charge in [0.15, 0.2) is 0 Å². The van der Waals surface area contributed by atoms with Gasteiger partial charge in [0.05, 0.1) is 22.5 Å². The maximum absolute atomic E-state index is 13.3. The van der Waals surface area contributed by atoms with Gasteiger partial charge in [0, 0.05) is 18.5 Å². The molecule has 1 aromatic carbocycles. The van der Waals surface area contributed by atoms with Gasteiger partial charge in [-0.1, -0.05) is 30.1 Å². The van der Waals surface area contributed by atoms with Crippen molar-refractivity contribution in [2.45, 2.75) is 25.9 Å². The number of hydrogen-bond acceptors (Lipinski definition) is 2. The minimum atomic E-state index is -0.888. The summed E-state index contributed by atoms with van der Waals surface area (Å²) in [6.45, 7) is 1.96. The molecule has 0 radical (unpaired) electrons. The molecule has 1 N–H and O–H groups in total. The molecular weight excluding hydrogens is 302 g/mol. The van der Waals surface area contributed by atoms with Crippen LogP contribution >= 0.6 is 23.2 Å². The van der Waals surface area contributed by atoms with E-state index in [1.807, 2.05) is 6.92 Å². The Balaban J connectivity index is 2.27. The Morgan fingerprint density at radius 3 is 2.60 bits per heavy atom. The van der Waals surface area contributed by atoms with Crippen molar-refractivity contribution < 1.29 is 9.50 Å². The molecule has 3 nitrogen and oxygen atoms in total. The largest absolute Gasteiger partial charge is 0.388 e. The Kier molecular flexibility index (Phi) is 4.68. The summed E-state index contributed by atoms with van der Waals surface area (Å²) >= 11 is 12.0. The van der Waals surface area contributed by atoms with E-state index in [9.17, 15) is 9.50 Å². The normalized spacial score (nSPS) is 12.7. The van der Waals surface area contributed by atoms with Crippen molar-refractivity contribution in [1.82, 2.24) is 9.78 Å². The van der Waals surface area contributed by atoms with Crippen molar-refractivity contribution in [3.8, 4) is 0 Å². The topological polar surface area (TPSA) is 38.0 Å². The summed E-state index contributed by atoms with van der Waals surface area (Å²) in [6.07, 6.45) is 0.0808. The first-order chi connectivity index (χ1) is 9.42. The van der Waals surface area contributed by atoms with Crippen molar-refractivity contribution in [3.05, 3.63) is 51.0 Å². The quantitative estimate of drug-likeness (QED) is 0.933. The molecule has 1 heterocycles. The standard InChI is InChI=1S/C14H15Cl2FN2O/c1-3-11-14(16)12(19(2)18-11)7-13(20)8-4-9(15)6-10(17)5-8/h4-6,13,20H,3,7H2,1-2H3. The van der Waals surface area contributed by atoms with Crippen molar-refractivity contribution in [3.63, 3.8) is 0 Å². The monoisotopic (exact) mass is 316 g/mol. The lowest BCUT2D eigenvalue weighted by atomic mass is 10.0. The van der Waals surface area contributed by atoms with Crippen molar-refractivity contribution in [2.75, 3.05) is 0 Å². The summed E-state index contributed by atoms with van der Waals surface area (Å²) in [4.78, 5) is 0. The summed E-state index contributed by atoms with van der Waals surface area (Å²) in [7, 11) is 1.77. The number of nitrogens with zero attached hydrogens (tertiary/aromatic N) is 2. The van der Waals surface area contributed by atoms with Crippen LogP contribution in [0.4, 0.5) is 4.39 Å². The van der Waals surface area contributed by atoms with Crippen molar-refractivity contribution in [2.24, 2.45) is 7.05 Å². The Morgan fingerprint density at radius 2 is 2.05 bits per heavy atom. The van der Waals surface area contributed by atoms with Crippen molar-refractivity contribution in [1.29, 1.82) is 0 Å². The van der Waals surface area contributed by atoms with Gasteiger partial charge in [-0.3, -0.25) is 4.68 Å². The maximum atomic E-state index is 13.3. The fraction of sp³-hybridized carbons (Fsp3) is 0.357. The van der Waals surface area contributed by atoms with Gasteiger partial charge in [-0.2, -0.15) is 5.10 Å². The first kappa shape index (κ1) is 15.3. The van der Waals surface area contributed by atoms with Crippen LogP contribution in [0.1, 0.15) is 30.0 Å². The predicted octanol–water partition coefficient (Wildman–Crippen LogP) is 3.70. The first-order valence-corrected chi connectivity index (χ1v) is 7.02. The van der Waals surface area contributed by atoms with Crippen LogP contribution < -0.4 is 0 Å². The van der Waals surface area contributed by atoms with Crippen LogP contribution in [0, 0.1) is 5.82 Å². The molecule has 0 amide bonds. The van der Waals surface area contributed by atoms with Crippen LogP contribution in [-0.2, 0) is 19.9 Å². The predicted molar refractivity (Wildman–Crippen MR) is 77.7 cm³/mol. The molecule has 6 heteroatoms. The van der Waals surface area contributed by atoms with Gasteiger partial charge in [0.25, 0.3) is 0 Å². The summed E-state index contributed by atoms with van der Waals surface area (Å²) in [5.41, 5.74) is 1.93. The second kappa shape index (κ2) is 6.12. The van der Waals surface area contributed by atoms with Crippen LogP contribution in [0.25, 0.3) is 0 Å². The van der Waals surface area contributed by atoms with Gasteiger partial charge < -0.3 is 5.11 Å². The molecule has 0 aliphatic rings. The molecule has 0 saturated carbocycles. The van der Waals surface area contributed by atoms with E-state index in [-0.39, 0.29) is 11.4 Å². The lowest BCUT2D eigenvalue weighted by Crippen LogP contribution is -2.07. The molecule has 1 aromatic heterocycles. The van der Waals surface area contributed by atoms with Gasteiger partial charge in [0.1, 0.15) is 5.82 Å². The molecule has 20 heavy (non-hydrogen) atoms. The average molecular weight is 317 g/mol. The molecular formula is C14H15Cl2FN2O. The number of hydrogen-bond donors (Lipinski definition) is 1. The third-order valence-electron chi connectivity index (χ3n) is 3.16.